The molecule has 1 atom stereocenters. The van der Waals surface area contributed by atoms with E-state index < -0.39 is 6.10 Å². The van der Waals surface area contributed by atoms with Crippen molar-refractivity contribution < 1.29 is 19.0 Å². The van der Waals surface area contributed by atoms with Gasteiger partial charge in [-0.15, -0.1) is 11.3 Å². The zero-order valence-corrected chi connectivity index (χ0v) is 16.4. The summed E-state index contributed by atoms with van der Waals surface area (Å²) in [5.41, 5.74) is 2.75. The zero-order chi connectivity index (χ0) is 19.5. The fraction of sp³-hybridized carbons (Fsp3) is 0.238. The molecule has 1 aliphatic rings. The summed E-state index contributed by atoms with van der Waals surface area (Å²) in [5.74, 6) is 1.87. The first-order valence-electron chi connectivity index (χ1n) is 8.98. The van der Waals surface area contributed by atoms with Crippen molar-refractivity contribution in [3.05, 3.63) is 53.4 Å². The molecule has 0 saturated heterocycles. The fourth-order valence-corrected chi connectivity index (χ4v) is 3.54. The van der Waals surface area contributed by atoms with Crippen LogP contribution < -0.4 is 19.5 Å². The van der Waals surface area contributed by atoms with E-state index in [0.717, 1.165) is 22.6 Å². The van der Waals surface area contributed by atoms with Gasteiger partial charge in [0.15, 0.2) is 22.7 Å². The standard InChI is InChI=1S/C21H20N2O4S/c1-13-4-3-5-16(10-13)27-14(2)20(24)23-21-22-17(12-28-21)15-6-7-18-19(11-15)26-9-8-25-18/h3-7,10-12,14H,8-9H2,1-2H3,(H,22,23,24)/t14-/m1/s1. The molecule has 1 aromatic heterocycles. The molecule has 0 bridgehead atoms. The number of aromatic nitrogens is 1. The predicted molar refractivity (Wildman–Crippen MR) is 108 cm³/mol. The van der Waals surface area contributed by atoms with Gasteiger partial charge in [0.05, 0.1) is 5.69 Å². The molecule has 1 amide bonds. The van der Waals surface area contributed by atoms with Crippen LogP contribution in [0.15, 0.2) is 47.8 Å². The van der Waals surface area contributed by atoms with Crippen LogP contribution in [0, 0.1) is 6.92 Å². The van der Waals surface area contributed by atoms with E-state index >= 15 is 0 Å². The van der Waals surface area contributed by atoms with E-state index in [1.54, 1.807) is 6.92 Å². The Bertz CT molecular complexity index is 1000. The van der Waals surface area contributed by atoms with Crippen LogP contribution >= 0.6 is 11.3 Å². The molecular weight excluding hydrogens is 376 g/mol. The van der Waals surface area contributed by atoms with E-state index in [4.69, 9.17) is 14.2 Å². The number of nitrogens with zero attached hydrogens (tertiary/aromatic N) is 1. The summed E-state index contributed by atoms with van der Waals surface area (Å²) in [6.45, 7) is 4.79. The molecule has 0 fully saturated rings. The molecule has 0 aliphatic carbocycles. The Morgan fingerprint density at radius 2 is 2.00 bits per heavy atom. The van der Waals surface area contributed by atoms with Crippen LogP contribution in [-0.2, 0) is 4.79 Å². The van der Waals surface area contributed by atoms with Crippen molar-refractivity contribution in [3.8, 4) is 28.5 Å². The molecule has 144 valence electrons. The second kappa shape index (κ2) is 7.90. The second-order valence-corrected chi connectivity index (χ2v) is 7.32. The number of fused-ring (bicyclic) bond motifs is 1. The first-order valence-corrected chi connectivity index (χ1v) is 9.86. The Hall–Kier alpha value is -3.06. The number of carbonyl (C=O) groups is 1. The Morgan fingerprint density at radius 1 is 1.18 bits per heavy atom. The van der Waals surface area contributed by atoms with Crippen molar-refractivity contribution in [2.75, 3.05) is 18.5 Å². The van der Waals surface area contributed by atoms with Gasteiger partial charge in [-0.1, -0.05) is 12.1 Å². The number of hydrogen-bond acceptors (Lipinski definition) is 6. The summed E-state index contributed by atoms with van der Waals surface area (Å²) < 4.78 is 16.9. The minimum Gasteiger partial charge on any atom is -0.486 e. The zero-order valence-electron chi connectivity index (χ0n) is 15.6. The van der Waals surface area contributed by atoms with Gasteiger partial charge in [-0.3, -0.25) is 10.1 Å². The number of carbonyl (C=O) groups excluding carboxylic acids is 1. The SMILES string of the molecule is Cc1cccc(O[C@H](C)C(=O)Nc2nc(-c3ccc4c(c3)OCCO4)cs2)c1. The highest BCUT2D eigenvalue weighted by atomic mass is 32.1. The highest BCUT2D eigenvalue weighted by Crippen LogP contribution is 2.35. The summed E-state index contributed by atoms with van der Waals surface area (Å²) in [7, 11) is 0. The number of hydrogen-bond donors (Lipinski definition) is 1. The summed E-state index contributed by atoms with van der Waals surface area (Å²) in [6.07, 6.45) is -0.636. The molecule has 1 N–H and O–H groups in total. The highest BCUT2D eigenvalue weighted by Gasteiger charge is 2.18. The fourth-order valence-electron chi connectivity index (χ4n) is 2.82. The third kappa shape index (κ3) is 4.09. The van der Waals surface area contributed by atoms with Crippen LogP contribution in [0.3, 0.4) is 0 Å². The van der Waals surface area contributed by atoms with Gasteiger partial charge in [0.2, 0.25) is 0 Å². The predicted octanol–water partition coefficient (Wildman–Crippen LogP) is 4.30. The number of nitrogens with one attached hydrogen (secondary N) is 1. The molecule has 0 unspecified atom stereocenters. The van der Waals surface area contributed by atoms with Crippen molar-refractivity contribution in [3.63, 3.8) is 0 Å². The molecule has 2 heterocycles. The molecule has 7 heteroatoms. The number of amides is 1. The monoisotopic (exact) mass is 396 g/mol. The van der Waals surface area contributed by atoms with E-state index in [0.29, 0.717) is 29.8 Å². The van der Waals surface area contributed by atoms with Gasteiger partial charge in [-0.25, -0.2) is 4.98 Å². The van der Waals surface area contributed by atoms with Gasteiger partial charge in [-0.05, 0) is 49.7 Å². The topological polar surface area (TPSA) is 69.7 Å². The summed E-state index contributed by atoms with van der Waals surface area (Å²) >= 11 is 1.37. The van der Waals surface area contributed by atoms with Gasteiger partial charge in [0.25, 0.3) is 5.91 Å². The van der Waals surface area contributed by atoms with Gasteiger partial charge >= 0.3 is 0 Å². The van der Waals surface area contributed by atoms with Crippen LogP contribution in [0.5, 0.6) is 17.2 Å². The maximum Gasteiger partial charge on any atom is 0.266 e. The van der Waals surface area contributed by atoms with Crippen molar-refractivity contribution in [1.29, 1.82) is 0 Å². The number of anilines is 1. The Morgan fingerprint density at radius 3 is 2.82 bits per heavy atom. The molecule has 2 aromatic carbocycles. The van der Waals surface area contributed by atoms with E-state index in [-0.39, 0.29) is 5.91 Å². The Kier molecular flexibility index (Phi) is 5.16. The van der Waals surface area contributed by atoms with E-state index in [9.17, 15) is 4.79 Å². The molecular formula is C21H20N2O4S. The lowest BCUT2D eigenvalue weighted by Gasteiger charge is -2.18. The average Bonchev–Trinajstić information content (AvgIpc) is 3.16. The van der Waals surface area contributed by atoms with Crippen molar-refractivity contribution in [2.24, 2.45) is 0 Å². The van der Waals surface area contributed by atoms with Gasteiger partial charge in [0, 0.05) is 10.9 Å². The molecule has 6 nitrogen and oxygen atoms in total. The van der Waals surface area contributed by atoms with Crippen LogP contribution in [0.1, 0.15) is 12.5 Å². The van der Waals surface area contributed by atoms with E-state index in [1.807, 2.05) is 54.8 Å². The third-order valence-corrected chi connectivity index (χ3v) is 5.00. The van der Waals surface area contributed by atoms with Crippen LogP contribution in [0.2, 0.25) is 0 Å². The molecule has 1 aliphatic heterocycles. The first kappa shape index (κ1) is 18.3. The van der Waals surface area contributed by atoms with Gasteiger partial charge in [0.1, 0.15) is 19.0 Å². The maximum absolute atomic E-state index is 12.4. The number of benzene rings is 2. The lowest BCUT2D eigenvalue weighted by Crippen LogP contribution is -2.30. The highest BCUT2D eigenvalue weighted by molar-refractivity contribution is 7.14. The number of ether oxygens (including phenoxy) is 3. The van der Waals surface area contributed by atoms with Gasteiger partial charge in [-0.2, -0.15) is 0 Å². The third-order valence-electron chi connectivity index (χ3n) is 4.24. The smallest absolute Gasteiger partial charge is 0.266 e. The number of rotatable bonds is 5. The molecule has 0 spiro atoms. The average molecular weight is 396 g/mol. The van der Waals surface area contributed by atoms with Crippen LogP contribution in [0.4, 0.5) is 5.13 Å². The molecule has 0 saturated carbocycles. The van der Waals surface area contributed by atoms with Crippen molar-refractivity contribution in [1.82, 2.24) is 4.98 Å². The normalized spacial score (nSPS) is 13.6. The van der Waals surface area contributed by atoms with Crippen LogP contribution in [0.25, 0.3) is 11.3 Å². The van der Waals surface area contributed by atoms with Crippen molar-refractivity contribution in [2.45, 2.75) is 20.0 Å². The minimum absolute atomic E-state index is 0.246. The molecule has 3 aromatic rings. The Labute approximate surface area is 167 Å². The second-order valence-electron chi connectivity index (χ2n) is 6.46. The first-order chi connectivity index (χ1) is 13.6. The summed E-state index contributed by atoms with van der Waals surface area (Å²) in [4.78, 5) is 16.9. The maximum atomic E-state index is 12.4. The minimum atomic E-state index is -0.636. The Balaban J connectivity index is 1.42. The largest absolute Gasteiger partial charge is 0.486 e. The molecule has 0 radical (unpaired) electrons. The van der Waals surface area contributed by atoms with Gasteiger partial charge < -0.3 is 14.2 Å². The summed E-state index contributed by atoms with van der Waals surface area (Å²) in [6, 6.07) is 13.3. The van der Waals surface area contributed by atoms with E-state index in [1.165, 1.54) is 11.3 Å². The number of aryl methyl sites for hydroxylation is 1. The number of thiazole rings is 1. The lowest BCUT2D eigenvalue weighted by molar-refractivity contribution is -0.122. The molecule has 28 heavy (non-hydrogen) atoms. The van der Waals surface area contributed by atoms with E-state index in [2.05, 4.69) is 10.3 Å². The summed E-state index contributed by atoms with van der Waals surface area (Å²) in [5, 5.41) is 5.24. The lowest BCUT2D eigenvalue weighted by atomic mass is 10.1. The quantitative estimate of drug-likeness (QED) is 0.696. The molecule has 4 rings (SSSR count). The van der Waals surface area contributed by atoms with Crippen LogP contribution in [-0.4, -0.2) is 30.2 Å². The van der Waals surface area contributed by atoms with Crippen molar-refractivity contribution >= 4 is 22.4 Å².